The molecule has 0 bridgehead atoms. The molecule has 4 aromatic rings. The van der Waals surface area contributed by atoms with Crippen molar-refractivity contribution in [2.24, 2.45) is 0 Å². The number of para-hydroxylation sites is 1. The molecular weight excluding hydrogens is 290 g/mol. The first-order valence-corrected chi connectivity index (χ1v) is 8.47. The maximum Gasteiger partial charge on any atom is 0.0528 e. The van der Waals surface area contributed by atoms with E-state index >= 15 is 0 Å². The van der Waals surface area contributed by atoms with Crippen molar-refractivity contribution < 1.29 is 0 Å². The summed E-state index contributed by atoms with van der Waals surface area (Å²) in [6, 6.07) is 26.4. The molecule has 0 N–H and O–H groups in total. The van der Waals surface area contributed by atoms with Gasteiger partial charge < -0.3 is 4.57 Å². The van der Waals surface area contributed by atoms with E-state index in [1.807, 2.05) is 0 Å². The van der Waals surface area contributed by atoms with Crippen molar-refractivity contribution in [3.8, 4) is 16.8 Å². The lowest BCUT2D eigenvalue weighted by Gasteiger charge is -2.21. The average Bonchev–Trinajstić information content (AvgIpc) is 3.13. The molecule has 1 aliphatic rings. The van der Waals surface area contributed by atoms with Crippen molar-refractivity contribution in [1.82, 2.24) is 4.57 Å². The van der Waals surface area contributed by atoms with E-state index in [0.29, 0.717) is 0 Å². The summed E-state index contributed by atoms with van der Waals surface area (Å²) in [7, 11) is 0. The predicted octanol–water partition coefficient (Wildman–Crippen LogP) is 5.94. The van der Waals surface area contributed by atoms with Gasteiger partial charge >= 0.3 is 0 Å². The Kier molecular flexibility index (Phi) is 2.62. The summed E-state index contributed by atoms with van der Waals surface area (Å²) in [5.41, 5.74) is 8.13. The van der Waals surface area contributed by atoms with Crippen LogP contribution in [-0.4, -0.2) is 4.57 Å². The van der Waals surface area contributed by atoms with E-state index in [2.05, 4.69) is 97.4 Å². The Hall–Kier alpha value is -2.80. The van der Waals surface area contributed by atoms with Gasteiger partial charge in [0.05, 0.1) is 5.52 Å². The van der Waals surface area contributed by atoms with Crippen LogP contribution in [0.15, 0.2) is 79.0 Å². The molecule has 0 unspecified atom stereocenters. The summed E-state index contributed by atoms with van der Waals surface area (Å²) in [6.45, 7) is 4.64. The smallest absolute Gasteiger partial charge is 0.0528 e. The summed E-state index contributed by atoms with van der Waals surface area (Å²) in [4.78, 5) is 0. The van der Waals surface area contributed by atoms with Crippen LogP contribution in [0.1, 0.15) is 25.0 Å². The second-order valence-corrected chi connectivity index (χ2v) is 7.15. The van der Waals surface area contributed by atoms with Crippen LogP contribution in [0.5, 0.6) is 0 Å². The SMILES string of the molecule is CC1(C)c2ccccc2-c2cc(-n3ccc4ccccc43)ccc21. The summed E-state index contributed by atoms with van der Waals surface area (Å²) in [5.74, 6) is 0. The third kappa shape index (κ3) is 1.70. The maximum atomic E-state index is 2.34. The van der Waals surface area contributed by atoms with E-state index in [9.17, 15) is 0 Å². The van der Waals surface area contributed by atoms with Gasteiger partial charge in [0.15, 0.2) is 0 Å². The van der Waals surface area contributed by atoms with Gasteiger partial charge in [-0.15, -0.1) is 0 Å². The normalized spacial score (nSPS) is 14.6. The molecule has 0 radical (unpaired) electrons. The maximum absolute atomic E-state index is 2.34. The largest absolute Gasteiger partial charge is 0.317 e. The number of aromatic nitrogens is 1. The Labute approximate surface area is 142 Å². The minimum Gasteiger partial charge on any atom is -0.317 e. The minimum atomic E-state index is 0.0726. The Balaban J connectivity index is 1.77. The number of hydrogen-bond acceptors (Lipinski definition) is 0. The highest BCUT2D eigenvalue weighted by Gasteiger charge is 2.35. The fourth-order valence-electron chi connectivity index (χ4n) is 4.17. The van der Waals surface area contributed by atoms with Gasteiger partial charge in [0.25, 0.3) is 0 Å². The number of rotatable bonds is 1. The van der Waals surface area contributed by atoms with Gasteiger partial charge in [-0.05, 0) is 51.9 Å². The molecule has 1 nitrogen and oxygen atoms in total. The monoisotopic (exact) mass is 309 g/mol. The molecule has 3 aromatic carbocycles. The summed E-state index contributed by atoms with van der Waals surface area (Å²) >= 11 is 0. The second-order valence-electron chi connectivity index (χ2n) is 7.15. The molecule has 1 aromatic heterocycles. The van der Waals surface area contributed by atoms with Gasteiger partial charge in [-0.2, -0.15) is 0 Å². The van der Waals surface area contributed by atoms with E-state index in [-0.39, 0.29) is 5.41 Å². The Morgan fingerprint density at radius 1 is 0.708 bits per heavy atom. The molecule has 116 valence electrons. The molecule has 1 heterocycles. The van der Waals surface area contributed by atoms with Crippen LogP contribution < -0.4 is 0 Å². The zero-order chi connectivity index (χ0) is 16.3. The lowest BCUT2D eigenvalue weighted by atomic mass is 9.82. The van der Waals surface area contributed by atoms with Crippen molar-refractivity contribution in [2.75, 3.05) is 0 Å². The fraction of sp³-hybridized carbons (Fsp3) is 0.130. The van der Waals surface area contributed by atoms with Crippen LogP contribution in [0.25, 0.3) is 27.7 Å². The molecule has 24 heavy (non-hydrogen) atoms. The molecular formula is C23H19N. The molecule has 0 aliphatic heterocycles. The van der Waals surface area contributed by atoms with Gasteiger partial charge in [0.2, 0.25) is 0 Å². The van der Waals surface area contributed by atoms with Crippen LogP contribution in [-0.2, 0) is 5.41 Å². The lowest BCUT2D eigenvalue weighted by molar-refractivity contribution is 0.660. The van der Waals surface area contributed by atoms with Crippen molar-refractivity contribution >= 4 is 10.9 Å². The average molecular weight is 309 g/mol. The first kappa shape index (κ1) is 13.6. The second kappa shape index (κ2) is 4.61. The zero-order valence-corrected chi connectivity index (χ0v) is 14.0. The van der Waals surface area contributed by atoms with Gasteiger partial charge in [-0.25, -0.2) is 0 Å². The molecule has 5 rings (SSSR count). The van der Waals surface area contributed by atoms with E-state index in [0.717, 1.165) is 0 Å². The number of benzene rings is 3. The molecule has 0 saturated carbocycles. The molecule has 0 saturated heterocycles. The highest BCUT2D eigenvalue weighted by atomic mass is 15.0. The standard InChI is InChI=1S/C23H19N/c1-23(2)20-9-5-4-8-18(20)19-15-17(11-12-21(19)23)24-14-13-16-7-3-6-10-22(16)24/h3-15H,1-2H3. The van der Waals surface area contributed by atoms with E-state index in [1.165, 1.54) is 38.8 Å². The van der Waals surface area contributed by atoms with Gasteiger partial charge in [-0.1, -0.05) is 62.4 Å². The molecule has 0 amide bonds. The first-order chi connectivity index (χ1) is 11.7. The van der Waals surface area contributed by atoms with E-state index < -0.39 is 0 Å². The summed E-state index contributed by atoms with van der Waals surface area (Å²) in [6.07, 6.45) is 2.17. The Morgan fingerprint density at radius 3 is 2.38 bits per heavy atom. The first-order valence-electron chi connectivity index (χ1n) is 8.47. The topological polar surface area (TPSA) is 4.93 Å². The molecule has 1 heteroatoms. The summed E-state index contributed by atoms with van der Waals surface area (Å²) < 4.78 is 2.28. The van der Waals surface area contributed by atoms with Crippen LogP contribution in [0, 0.1) is 0 Å². The third-order valence-electron chi connectivity index (χ3n) is 5.44. The number of hydrogen-bond donors (Lipinski definition) is 0. The molecule has 0 fully saturated rings. The van der Waals surface area contributed by atoms with E-state index in [4.69, 9.17) is 0 Å². The highest BCUT2D eigenvalue weighted by molar-refractivity contribution is 5.85. The number of fused-ring (bicyclic) bond motifs is 4. The van der Waals surface area contributed by atoms with Gasteiger partial charge in [0, 0.05) is 17.3 Å². The Bertz CT molecular complexity index is 1080. The van der Waals surface area contributed by atoms with Crippen LogP contribution >= 0.6 is 0 Å². The van der Waals surface area contributed by atoms with Gasteiger partial charge in [-0.3, -0.25) is 0 Å². The molecule has 0 spiro atoms. The van der Waals surface area contributed by atoms with Crippen LogP contribution in [0.4, 0.5) is 0 Å². The van der Waals surface area contributed by atoms with Crippen molar-refractivity contribution in [1.29, 1.82) is 0 Å². The summed E-state index contributed by atoms with van der Waals surface area (Å²) in [5, 5.41) is 1.28. The van der Waals surface area contributed by atoms with Gasteiger partial charge in [0.1, 0.15) is 0 Å². The van der Waals surface area contributed by atoms with Crippen molar-refractivity contribution in [3.05, 3.63) is 90.1 Å². The van der Waals surface area contributed by atoms with Crippen LogP contribution in [0.3, 0.4) is 0 Å². The minimum absolute atomic E-state index is 0.0726. The zero-order valence-electron chi connectivity index (χ0n) is 14.0. The molecule has 0 atom stereocenters. The molecule has 1 aliphatic carbocycles. The fourth-order valence-corrected chi connectivity index (χ4v) is 4.17. The quantitative estimate of drug-likeness (QED) is 0.410. The third-order valence-corrected chi connectivity index (χ3v) is 5.44. The van der Waals surface area contributed by atoms with Crippen LogP contribution in [0.2, 0.25) is 0 Å². The Morgan fingerprint density at radius 2 is 1.46 bits per heavy atom. The predicted molar refractivity (Wildman–Crippen MR) is 101 cm³/mol. The van der Waals surface area contributed by atoms with E-state index in [1.54, 1.807) is 0 Å². The highest BCUT2D eigenvalue weighted by Crippen LogP contribution is 2.48. The lowest BCUT2D eigenvalue weighted by Crippen LogP contribution is -2.14. The van der Waals surface area contributed by atoms with Crippen molar-refractivity contribution in [3.63, 3.8) is 0 Å². The number of nitrogens with zero attached hydrogens (tertiary/aromatic N) is 1. The van der Waals surface area contributed by atoms with Crippen molar-refractivity contribution in [2.45, 2.75) is 19.3 Å².